The van der Waals surface area contributed by atoms with Gasteiger partial charge in [-0.15, -0.1) is 0 Å². The summed E-state index contributed by atoms with van der Waals surface area (Å²) in [5.74, 6) is 1.03. The van der Waals surface area contributed by atoms with Crippen LogP contribution in [0.1, 0.15) is 32.9 Å². The number of nitrogens with two attached hydrogens (primary N) is 1. The number of hydrogen-bond acceptors (Lipinski definition) is 4. The Morgan fingerprint density at radius 2 is 2.12 bits per heavy atom. The van der Waals surface area contributed by atoms with Crippen LogP contribution in [0.25, 0.3) is 0 Å². The Kier molecular flexibility index (Phi) is 4.12. The van der Waals surface area contributed by atoms with Gasteiger partial charge in [0.1, 0.15) is 6.07 Å². The van der Waals surface area contributed by atoms with Gasteiger partial charge in [-0.25, -0.2) is 4.98 Å². The molecule has 1 atom stereocenters. The Labute approximate surface area is 96.1 Å². The third kappa shape index (κ3) is 3.43. The van der Waals surface area contributed by atoms with Gasteiger partial charge in [0.05, 0.1) is 11.8 Å². The number of anilines is 1. The van der Waals surface area contributed by atoms with Crippen molar-refractivity contribution < 1.29 is 4.74 Å². The molecule has 1 aromatic heterocycles. The number of aromatic nitrogens is 1. The van der Waals surface area contributed by atoms with Gasteiger partial charge in [0.25, 0.3) is 0 Å². The molecule has 0 radical (unpaired) electrons. The minimum Gasteiger partial charge on any atom is -0.475 e. The maximum Gasteiger partial charge on any atom is 0.214 e. The molecule has 4 nitrogen and oxygen atoms in total. The topological polar surface area (TPSA) is 71.9 Å². The van der Waals surface area contributed by atoms with Crippen molar-refractivity contribution in [2.45, 2.75) is 33.3 Å². The zero-order valence-corrected chi connectivity index (χ0v) is 9.90. The lowest BCUT2D eigenvalue weighted by Crippen LogP contribution is -2.15. The van der Waals surface area contributed by atoms with Gasteiger partial charge >= 0.3 is 0 Å². The first-order chi connectivity index (χ1) is 7.52. The second-order valence-electron chi connectivity index (χ2n) is 4.26. The summed E-state index contributed by atoms with van der Waals surface area (Å²) in [5.41, 5.74) is 6.17. The first kappa shape index (κ1) is 12.3. The van der Waals surface area contributed by atoms with Crippen molar-refractivity contribution in [3.05, 3.63) is 17.8 Å². The lowest BCUT2D eigenvalue weighted by molar-refractivity contribution is 0.185. The maximum absolute atomic E-state index is 8.77. The number of nitrogens with zero attached hydrogens (tertiary/aromatic N) is 2. The van der Waals surface area contributed by atoms with Crippen molar-refractivity contribution in [1.82, 2.24) is 4.98 Å². The van der Waals surface area contributed by atoms with E-state index in [4.69, 9.17) is 15.7 Å². The number of nitriles is 1. The van der Waals surface area contributed by atoms with E-state index in [1.165, 1.54) is 0 Å². The summed E-state index contributed by atoms with van der Waals surface area (Å²) >= 11 is 0. The molecular weight excluding hydrogens is 202 g/mol. The van der Waals surface area contributed by atoms with E-state index in [2.05, 4.69) is 18.8 Å². The molecule has 0 amide bonds. The number of rotatable bonds is 4. The van der Waals surface area contributed by atoms with Crippen molar-refractivity contribution in [2.24, 2.45) is 5.92 Å². The highest BCUT2D eigenvalue weighted by Crippen LogP contribution is 2.17. The van der Waals surface area contributed by atoms with Crippen molar-refractivity contribution >= 4 is 5.69 Å². The summed E-state index contributed by atoms with van der Waals surface area (Å²) in [7, 11) is 0. The van der Waals surface area contributed by atoms with Gasteiger partial charge in [0.2, 0.25) is 5.88 Å². The molecule has 0 saturated heterocycles. The van der Waals surface area contributed by atoms with Crippen LogP contribution in [0.5, 0.6) is 5.88 Å². The standard InChI is InChI=1S/C12H17N3O/c1-8(2)6-9(3)16-12-5-4-10(14)11(7-13)15-12/h4-5,8-9H,6,14H2,1-3H3. The SMILES string of the molecule is CC(C)CC(C)Oc1ccc(N)c(C#N)n1. The Balaban J connectivity index is 2.71. The van der Waals surface area contributed by atoms with Gasteiger partial charge in [0.15, 0.2) is 5.69 Å². The molecule has 1 rings (SSSR count). The molecule has 2 N–H and O–H groups in total. The van der Waals surface area contributed by atoms with Crippen LogP contribution < -0.4 is 10.5 Å². The van der Waals surface area contributed by atoms with Crippen molar-refractivity contribution in [2.75, 3.05) is 5.73 Å². The summed E-state index contributed by atoms with van der Waals surface area (Å²) in [6.45, 7) is 6.26. The third-order valence-electron chi connectivity index (χ3n) is 2.13. The van der Waals surface area contributed by atoms with Gasteiger partial charge in [-0.05, 0) is 25.3 Å². The van der Waals surface area contributed by atoms with Crippen molar-refractivity contribution in [3.63, 3.8) is 0 Å². The fourth-order valence-electron chi connectivity index (χ4n) is 1.53. The highest BCUT2D eigenvalue weighted by Gasteiger charge is 2.09. The molecule has 86 valence electrons. The molecule has 0 spiro atoms. The Hall–Kier alpha value is -1.76. The molecule has 1 unspecified atom stereocenters. The van der Waals surface area contributed by atoms with Crippen LogP contribution in [0.3, 0.4) is 0 Å². The molecule has 16 heavy (non-hydrogen) atoms. The van der Waals surface area contributed by atoms with E-state index in [0.717, 1.165) is 6.42 Å². The van der Waals surface area contributed by atoms with Crippen molar-refractivity contribution in [1.29, 1.82) is 5.26 Å². The van der Waals surface area contributed by atoms with Crippen LogP contribution in [0.4, 0.5) is 5.69 Å². The molecule has 0 aromatic carbocycles. The fourth-order valence-corrected chi connectivity index (χ4v) is 1.53. The molecule has 0 aliphatic heterocycles. The number of hydrogen-bond donors (Lipinski definition) is 1. The molecule has 0 aliphatic rings. The molecule has 1 heterocycles. The number of pyridine rings is 1. The summed E-state index contributed by atoms with van der Waals surface area (Å²) < 4.78 is 5.60. The quantitative estimate of drug-likeness (QED) is 0.843. The Morgan fingerprint density at radius 1 is 1.44 bits per heavy atom. The molecule has 4 heteroatoms. The van der Waals surface area contributed by atoms with E-state index in [-0.39, 0.29) is 11.8 Å². The van der Waals surface area contributed by atoms with E-state index in [1.807, 2.05) is 13.0 Å². The Bertz CT molecular complexity index is 396. The minimum atomic E-state index is 0.0858. The van der Waals surface area contributed by atoms with Crippen LogP contribution in [0.15, 0.2) is 12.1 Å². The van der Waals surface area contributed by atoms with E-state index in [0.29, 0.717) is 17.5 Å². The van der Waals surface area contributed by atoms with E-state index < -0.39 is 0 Å². The van der Waals surface area contributed by atoms with Crippen molar-refractivity contribution in [3.8, 4) is 11.9 Å². The summed E-state index contributed by atoms with van der Waals surface area (Å²) in [4.78, 5) is 4.03. The van der Waals surface area contributed by atoms with Crippen LogP contribution in [-0.4, -0.2) is 11.1 Å². The molecule has 0 saturated carbocycles. The zero-order chi connectivity index (χ0) is 12.1. The lowest BCUT2D eigenvalue weighted by atomic mass is 10.1. The smallest absolute Gasteiger partial charge is 0.214 e. The van der Waals surface area contributed by atoms with Gasteiger partial charge in [-0.1, -0.05) is 13.8 Å². The number of ether oxygens (including phenoxy) is 1. The minimum absolute atomic E-state index is 0.0858. The summed E-state index contributed by atoms with van der Waals surface area (Å²) in [5, 5.41) is 8.77. The molecular formula is C12H17N3O. The van der Waals surface area contributed by atoms with E-state index in [9.17, 15) is 0 Å². The maximum atomic E-state index is 8.77. The fraction of sp³-hybridized carbons (Fsp3) is 0.500. The Morgan fingerprint density at radius 3 is 2.69 bits per heavy atom. The second-order valence-corrected chi connectivity index (χ2v) is 4.26. The van der Waals surface area contributed by atoms with Crippen LogP contribution in [-0.2, 0) is 0 Å². The zero-order valence-electron chi connectivity index (χ0n) is 9.90. The largest absolute Gasteiger partial charge is 0.475 e. The summed E-state index contributed by atoms with van der Waals surface area (Å²) in [6, 6.07) is 5.26. The first-order valence-electron chi connectivity index (χ1n) is 5.36. The van der Waals surface area contributed by atoms with Gasteiger partial charge in [-0.2, -0.15) is 5.26 Å². The second kappa shape index (κ2) is 5.36. The van der Waals surface area contributed by atoms with E-state index in [1.54, 1.807) is 12.1 Å². The summed E-state index contributed by atoms with van der Waals surface area (Å²) in [6.07, 6.45) is 1.04. The predicted molar refractivity (Wildman–Crippen MR) is 62.9 cm³/mol. The number of nitrogen functional groups attached to an aromatic ring is 1. The van der Waals surface area contributed by atoms with Gasteiger partial charge in [-0.3, -0.25) is 0 Å². The molecule has 0 fully saturated rings. The van der Waals surface area contributed by atoms with E-state index >= 15 is 0 Å². The first-order valence-corrected chi connectivity index (χ1v) is 5.36. The molecule has 1 aromatic rings. The third-order valence-corrected chi connectivity index (χ3v) is 2.13. The average Bonchev–Trinajstić information content (AvgIpc) is 2.19. The molecule has 0 bridgehead atoms. The van der Waals surface area contributed by atoms with Crippen LogP contribution in [0.2, 0.25) is 0 Å². The highest BCUT2D eigenvalue weighted by molar-refractivity contribution is 5.50. The van der Waals surface area contributed by atoms with Crippen LogP contribution >= 0.6 is 0 Å². The predicted octanol–water partition coefficient (Wildman–Crippen LogP) is 2.35. The monoisotopic (exact) mass is 219 g/mol. The van der Waals surface area contributed by atoms with Gasteiger partial charge < -0.3 is 10.5 Å². The normalized spacial score (nSPS) is 12.2. The van der Waals surface area contributed by atoms with Crippen LogP contribution in [0, 0.1) is 17.2 Å². The highest BCUT2D eigenvalue weighted by atomic mass is 16.5. The average molecular weight is 219 g/mol. The lowest BCUT2D eigenvalue weighted by Gasteiger charge is -2.15. The molecule has 0 aliphatic carbocycles. The van der Waals surface area contributed by atoms with Gasteiger partial charge in [0, 0.05) is 6.07 Å².